The third-order valence-corrected chi connectivity index (χ3v) is 1.74. The molecule has 82 valence electrons. The molecule has 1 aromatic rings. The zero-order chi connectivity index (χ0) is 11.1. The van der Waals surface area contributed by atoms with E-state index in [4.69, 9.17) is 15.8 Å². The van der Waals surface area contributed by atoms with Crippen molar-refractivity contribution < 1.29 is 14.7 Å². The van der Waals surface area contributed by atoms with E-state index in [1.807, 2.05) is 10.9 Å². The number of amides is 1. The third kappa shape index (κ3) is 3.94. The van der Waals surface area contributed by atoms with Crippen LogP contribution in [0.4, 0.5) is 0 Å². The van der Waals surface area contributed by atoms with Crippen LogP contribution in [0.5, 0.6) is 5.75 Å². The van der Waals surface area contributed by atoms with Crippen LogP contribution < -0.4 is 21.5 Å². The molecule has 1 amide bonds. The predicted molar refractivity (Wildman–Crippen MR) is 52.9 cm³/mol. The number of hydrogen-bond acceptors (Lipinski definition) is 5. The third-order valence-electron chi connectivity index (χ3n) is 1.74. The van der Waals surface area contributed by atoms with E-state index in [-0.39, 0.29) is 6.61 Å². The molecule has 0 aliphatic carbocycles. The van der Waals surface area contributed by atoms with Crippen LogP contribution in [0.15, 0.2) is 24.3 Å². The Kier molecular flexibility index (Phi) is 4.55. The summed E-state index contributed by atoms with van der Waals surface area (Å²) in [7, 11) is 0. The normalized spacial score (nSPS) is 9.73. The summed E-state index contributed by atoms with van der Waals surface area (Å²) in [5, 5.41) is 8.45. The van der Waals surface area contributed by atoms with Crippen molar-refractivity contribution in [3.63, 3.8) is 0 Å². The van der Waals surface area contributed by atoms with Crippen molar-refractivity contribution in [1.29, 1.82) is 0 Å². The van der Waals surface area contributed by atoms with Gasteiger partial charge in [0.05, 0.1) is 0 Å². The van der Waals surface area contributed by atoms with Crippen molar-refractivity contribution in [2.75, 3.05) is 6.61 Å². The molecule has 0 heterocycles. The van der Waals surface area contributed by atoms with E-state index >= 15 is 0 Å². The number of nitrogens with two attached hydrogens (primary N) is 1. The van der Waals surface area contributed by atoms with Gasteiger partial charge in [0.25, 0.3) is 5.91 Å². The van der Waals surface area contributed by atoms with Gasteiger partial charge in [0, 0.05) is 6.54 Å². The Hall–Kier alpha value is -1.63. The molecule has 0 aliphatic rings. The highest BCUT2D eigenvalue weighted by atomic mass is 16.5. The molecule has 0 unspecified atom stereocenters. The molecule has 1 rings (SSSR count). The summed E-state index contributed by atoms with van der Waals surface area (Å²) in [6.07, 6.45) is 0. The minimum absolute atomic E-state index is 0.117. The van der Waals surface area contributed by atoms with Gasteiger partial charge in [-0.15, -0.1) is 0 Å². The van der Waals surface area contributed by atoms with E-state index in [0.717, 1.165) is 5.56 Å². The van der Waals surface area contributed by atoms with Gasteiger partial charge in [-0.1, -0.05) is 12.1 Å². The van der Waals surface area contributed by atoms with Crippen molar-refractivity contribution in [3.05, 3.63) is 29.8 Å². The summed E-state index contributed by atoms with van der Waals surface area (Å²) in [6.45, 7) is 0.248. The van der Waals surface area contributed by atoms with Crippen LogP contribution in [0.25, 0.3) is 0 Å². The molecule has 0 saturated carbocycles. The number of benzene rings is 1. The van der Waals surface area contributed by atoms with E-state index < -0.39 is 5.91 Å². The van der Waals surface area contributed by atoms with Crippen molar-refractivity contribution >= 4 is 5.91 Å². The summed E-state index contributed by atoms with van der Waals surface area (Å²) in [4.78, 5) is 10.8. The Morgan fingerprint density at radius 2 is 2.07 bits per heavy atom. The first-order valence-corrected chi connectivity index (χ1v) is 4.34. The lowest BCUT2D eigenvalue weighted by Crippen LogP contribution is -2.34. The zero-order valence-electron chi connectivity index (χ0n) is 8.06. The second kappa shape index (κ2) is 5.97. The van der Waals surface area contributed by atoms with E-state index in [1.165, 1.54) is 0 Å². The molecular weight excluding hydrogens is 198 g/mol. The monoisotopic (exact) mass is 211 g/mol. The fourth-order valence-electron chi connectivity index (χ4n) is 0.985. The number of hydrogen-bond donors (Lipinski definition) is 4. The van der Waals surface area contributed by atoms with E-state index in [1.54, 1.807) is 24.3 Å². The standard InChI is InChI=1S/C9H13N3O3/c10-12-9(13)6-15-8-3-1-7(2-4-8)5-11-14/h1-4,11,14H,5-6,10H2,(H,12,13). The van der Waals surface area contributed by atoms with Crippen molar-refractivity contribution in [2.24, 2.45) is 5.84 Å². The maximum atomic E-state index is 10.8. The van der Waals surface area contributed by atoms with Crippen LogP contribution in [0.3, 0.4) is 0 Å². The molecule has 0 aliphatic heterocycles. The quantitative estimate of drug-likeness (QED) is 0.300. The Bertz CT molecular complexity index is 313. The lowest BCUT2D eigenvalue weighted by Gasteiger charge is -2.05. The molecule has 0 atom stereocenters. The Morgan fingerprint density at radius 3 is 2.60 bits per heavy atom. The van der Waals surface area contributed by atoms with Crippen molar-refractivity contribution in [3.8, 4) is 5.75 Å². The second-order valence-electron chi connectivity index (χ2n) is 2.84. The maximum Gasteiger partial charge on any atom is 0.271 e. The summed E-state index contributed by atoms with van der Waals surface area (Å²) >= 11 is 0. The summed E-state index contributed by atoms with van der Waals surface area (Å²) in [6, 6.07) is 6.96. The number of nitrogens with one attached hydrogen (secondary N) is 2. The van der Waals surface area contributed by atoms with Gasteiger partial charge in [-0.3, -0.25) is 10.2 Å². The van der Waals surface area contributed by atoms with Gasteiger partial charge >= 0.3 is 0 Å². The van der Waals surface area contributed by atoms with Gasteiger partial charge in [0.1, 0.15) is 5.75 Å². The Balaban J connectivity index is 2.45. The van der Waals surface area contributed by atoms with Crippen LogP contribution in [0.2, 0.25) is 0 Å². The molecule has 0 radical (unpaired) electrons. The molecule has 6 nitrogen and oxygen atoms in total. The van der Waals surface area contributed by atoms with Gasteiger partial charge in [0.15, 0.2) is 6.61 Å². The van der Waals surface area contributed by atoms with Gasteiger partial charge in [-0.25, -0.2) is 11.3 Å². The molecule has 0 bridgehead atoms. The predicted octanol–water partition coefficient (Wildman–Crippen LogP) is -0.466. The number of carbonyl (C=O) groups is 1. The molecule has 0 fully saturated rings. The number of ether oxygens (including phenoxy) is 1. The molecule has 15 heavy (non-hydrogen) atoms. The second-order valence-corrected chi connectivity index (χ2v) is 2.84. The van der Waals surface area contributed by atoms with E-state index in [9.17, 15) is 4.79 Å². The fourth-order valence-corrected chi connectivity index (χ4v) is 0.985. The highest BCUT2D eigenvalue weighted by molar-refractivity contribution is 5.76. The van der Waals surface area contributed by atoms with Gasteiger partial charge < -0.3 is 9.94 Å². The lowest BCUT2D eigenvalue weighted by atomic mass is 10.2. The summed E-state index contributed by atoms with van der Waals surface area (Å²) in [5.41, 5.74) is 4.91. The SMILES string of the molecule is NNC(=O)COc1ccc(CNO)cc1. The van der Waals surface area contributed by atoms with Crippen LogP contribution in [0, 0.1) is 0 Å². The molecule has 0 spiro atoms. The number of hydrazine groups is 1. The lowest BCUT2D eigenvalue weighted by molar-refractivity contribution is -0.123. The molecule has 0 aromatic heterocycles. The van der Waals surface area contributed by atoms with Crippen molar-refractivity contribution in [1.82, 2.24) is 10.9 Å². The summed E-state index contributed by atoms with van der Waals surface area (Å²) < 4.78 is 5.12. The molecular formula is C9H13N3O3. The van der Waals surface area contributed by atoms with E-state index in [0.29, 0.717) is 12.3 Å². The van der Waals surface area contributed by atoms with Gasteiger partial charge in [-0.2, -0.15) is 0 Å². The van der Waals surface area contributed by atoms with Crippen molar-refractivity contribution in [2.45, 2.75) is 6.54 Å². The largest absolute Gasteiger partial charge is 0.484 e. The Morgan fingerprint density at radius 1 is 1.40 bits per heavy atom. The molecule has 6 heteroatoms. The average Bonchev–Trinajstić information content (AvgIpc) is 2.28. The summed E-state index contributed by atoms with van der Waals surface area (Å²) in [5.74, 6) is 5.06. The van der Waals surface area contributed by atoms with E-state index in [2.05, 4.69) is 0 Å². The maximum absolute atomic E-state index is 10.8. The van der Waals surface area contributed by atoms with Gasteiger partial charge in [-0.05, 0) is 17.7 Å². The average molecular weight is 211 g/mol. The molecule has 1 aromatic carbocycles. The Labute approximate surface area is 87.0 Å². The topological polar surface area (TPSA) is 96.6 Å². The zero-order valence-corrected chi connectivity index (χ0v) is 8.06. The number of rotatable bonds is 5. The van der Waals surface area contributed by atoms with Crippen LogP contribution in [0.1, 0.15) is 5.56 Å². The van der Waals surface area contributed by atoms with Crippen LogP contribution >= 0.6 is 0 Å². The smallest absolute Gasteiger partial charge is 0.271 e. The number of carbonyl (C=O) groups excluding carboxylic acids is 1. The minimum atomic E-state index is -0.392. The van der Waals surface area contributed by atoms with Gasteiger partial charge in [0.2, 0.25) is 0 Å². The molecule has 0 saturated heterocycles. The fraction of sp³-hybridized carbons (Fsp3) is 0.222. The first-order chi connectivity index (χ1) is 7.26. The minimum Gasteiger partial charge on any atom is -0.484 e. The van der Waals surface area contributed by atoms with Crippen LogP contribution in [-0.4, -0.2) is 17.7 Å². The highest BCUT2D eigenvalue weighted by Crippen LogP contribution is 2.11. The first-order valence-electron chi connectivity index (χ1n) is 4.34. The molecule has 5 N–H and O–H groups in total. The number of hydroxylamine groups is 1. The highest BCUT2D eigenvalue weighted by Gasteiger charge is 1.99. The first kappa shape index (κ1) is 11.4. The van der Waals surface area contributed by atoms with Crippen LogP contribution in [-0.2, 0) is 11.3 Å².